The number of carbonyl (C=O) groups excluding carboxylic acids is 1. The fourth-order valence-electron chi connectivity index (χ4n) is 4.28. The number of piperidine rings is 1. The molecule has 0 aliphatic carbocycles. The topological polar surface area (TPSA) is 103 Å². The number of benzene rings is 2. The second-order valence-corrected chi connectivity index (χ2v) is 9.89. The Bertz CT molecular complexity index is 1340. The van der Waals surface area contributed by atoms with Gasteiger partial charge in [-0.3, -0.25) is 13.9 Å². The minimum absolute atomic E-state index is 0.0180. The average Bonchev–Trinajstić information content (AvgIpc) is 3.10. The molecule has 0 spiro atoms. The SMILES string of the molecule is CCn1c(=O)n(CC(=O)Nc2ccc(OC)c(S(=O)(=O)N3CCCCC3)c2)c2ccccc21. The smallest absolute Gasteiger partial charge is 0.329 e. The molecule has 176 valence electrons. The maximum absolute atomic E-state index is 13.2. The number of aryl methyl sites for hydroxylation is 1. The fraction of sp³-hybridized carbons (Fsp3) is 0.391. The first-order valence-corrected chi connectivity index (χ1v) is 12.5. The van der Waals surface area contributed by atoms with E-state index in [1.807, 2.05) is 25.1 Å². The summed E-state index contributed by atoms with van der Waals surface area (Å²) in [6, 6.07) is 11.8. The van der Waals surface area contributed by atoms with Crippen LogP contribution in [0.4, 0.5) is 5.69 Å². The molecule has 0 radical (unpaired) electrons. The van der Waals surface area contributed by atoms with Gasteiger partial charge in [-0.2, -0.15) is 4.31 Å². The number of ether oxygens (including phenoxy) is 1. The number of nitrogens with zero attached hydrogens (tertiary/aromatic N) is 3. The number of aromatic nitrogens is 2. The fourth-order valence-corrected chi connectivity index (χ4v) is 5.97. The van der Waals surface area contributed by atoms with Crippen LogP contribution in [0.3, 0.4) is 0 Å². The molecular formula is C23H28N4O5S. The molecule has 33 heavy (non-hydrogen) atoms. The third kappa shape index (κ3) is 4.40. The van der Waals surface area contributed by atoms with Crippen molar-refractivity contribution in [3.05, 3.63) is 52.9 Å². The van der Waals surface area contributed by atoms with Gasteiger partial charge in [0.05, 0.1) is 18.1 Å². The predicted molar refractivity (Wildman–Crippen MR) is 126 cm³/mol. The molecule has 0 saturated carbocycles. The zero-order chi connectivity index (χ0) is 23.6. The molecule has 2 aromatic carbocycles. The maximum Gasteiger partial charge on any atom is 0.329 e. The molecule has 3 aromatic rings. The summed E-state index contributed by atoms with van der Waals surface area (Å²) in [7, 11) is -2.34. The first-order chi connectivity index (χ1) is 15.9. The number of amides is 1. The van der Waals surface area contributed by atoms with Gasteiger partial charge in [0.25, 0.3) is 0 Å². The summed E-state index contributed by atoms with van der Waals surface area (Å²) in [6.45, 7) is 3.11. The zero-order valence-corrected chi connectivity index (χ0v) is 19.6. The number of para-hydroxylation sites is 2. The van der Waals surface area contributed by atoms with Gasteiger partial charge in [0.15, 0.2) is 0 Å². The lowest BCUT2D eigenvalue weighted by atomic mass is 10.2. The highest BCUT2D eigenvalue weighted by molar-refractivity contribution is 7.89. The van der Waals surface area contributed by atoms with Crippen LogP contribution in [0, 0.1) is 0 Å². The molecule has 1 aromatic heterocycles. The van der Waals surface area contributed by atoms with Crippen LogP contribution in [0.5, 0.6) is 5.75 Å². The average molecular weight is 473 g/mol. The number of fused-ring (bicyclic) bond motifs is 1. The lowest BCUT2D eigenvalue weighted by Gasteiger charge is -2.26. The lowest BCUT2D eigenvalue weighted by Crippen LogP contribution is -2.35. The Labute approximate surface area is 192 Å². The molecule has 2 heterocycles. The first-order valence-electron chi connectivity index (χ1n) is 11.0. The number of anilines is 1. The van der Waals surface area contributed by atoms with Crippen molar-refractivity contribution in [2.24, 2.45) is 0 Å². The molecule has 4 rings (SSSR count). The highest BCUT2D eigenvalue weighted by atomic mass is 32.2. The Balaban J connectivity index is 1.61. The van der Waals surface area contributed by atoms with Crippen LogP contribution in [0.25, 0.3) is 11.0 Å². The second kappa shape index (κ2) is 9.40. The minimum Gasteiger partial charge on any atom is -0.495 e. The van der Waals surface area contributed by atoms with Crippen LogP contribution in [0.15, 0.2) is 52.2 Å². The lowest BCUT2D eigenvalue weighted by molar-refractivity contribution is -0.116. The number of hydrogen-bond donors (Lipinski definition) is 1. The van der Waals surface area contributed by atoms with E-state index in [1.54, 1.807) is 16.7 Å². The van der Waals surface area contributed by atoms with Crippen LogP contribution in [0.1, 0.15) is 26.2 Å². The van der Waals surface area contributed by atoms with Crippen LogP contribution in [-0.4, -0.2) is 48.0 Å². The predicted octanol–water partition coefficient (Wildman–Crippen LogP) is 2.64. The third-order valence-corrected chi connectivity index (χ3v) is 7.84. The minimum atomic E-state index is -3.76. The van der Waals surface area contributed by atoms with E-state index < -0.39 is 15.9 Å². The van der Waals surface area contributed by atoms with Gasteiger partial charge in [-0.25, -0.2) is 13.2 Å². The summed E-state index contributed by atoms with van der Waals surface area (Å²) in [5, 5.41) is 2.73. The number of methoxy groups -OCH3 is 1. The van der Waals surface area contributed by atoms with Gasteiger partial charge in [0, 0.05) is 25.3 Å². The normalized spacial score (nSPS) is 15.0. The van der Waals surface area contributed by atoms with Crippen molar-refractivity contribution < 1.29 is 17.9 Å². The number of hydrogen-bond acceptors (Lipinski definition) is 5. The van der Waals surface area contributed by atoms with Crippen molar-refractivity contribution in [1.82, 2.24) is 13.4 Å². The van der Waals surface area contributed by atoms with E-state index >= 15 is 0 Å². The number of carbonyl (C=O) groups is 1. The molecular weight excluding hydrogens is 444 g/mol. The standard InChI is InChI=1S/C23H28N4O5S/c1-3-26-18-9-5-6-10-19(18)27(23(26)29)16-22(28)24-17-11-12-20(32-2)21(15-17)33(30,31)25-13-7-4-8-14-25/h5-6,9-12,15H,3-4,7-8,13-14,16H2,1-2H3,(H,24,28). The monoisotopic (exact) mass is 472 g/mol. The van der Waals surface area contributed by atoms with Gasteiger partial charge in [0.1, 0.15) is 17.2 Å². The quantitative estimate of drug-likeness (QED) is 0.570. The highest BCUT2D eigenvalue weighted by Crippen LogP contribution is 2.31. The molecule has 0 atom stereocenters. The van der Waals surface area contributed by atoms with Crippen molar-refractivity contribution in [3.63, 3.8) is 0 Å². The Morgan fingerprint density at radius 1 is 1.03 bits per heavy atom. The van der Waals surface area contributed by atoms with Crippen molar-refractivity contribution in [2.75, 3.05) is 25.5 Å². The summed E-state index contributed by atoms with van der Waals surface area (Å²) in [4.78, 5) is 25.6. The molecule has 1 fully saturated rings. The van der Waals surface area contributed by atoms with Crippen LogP contribution >= 0.6 is 0 Å². The summed E-state index contributed by atoms with van der Waals surface area (Å²) in [6.07, 6.45) is 2.64. The van der Waals surface area contributed by atoms with E-state index in [0.29, 0.717) is 30.8 Å². The number of sulfonamides is 1. The van der Waals surface area contributed by atoms with Crippen LogP contribution in [0.2, 0.25) is 0 Å². The van der Waals surface area contributed by atoms with Gasteiger partial charge in [0.2, 0.25) is 15.9 Å². The molecule has 9 nitrogen and oxygen atoms in total. The van der Waals surface area contributed by atoms with Crippen molar-refractivity contribution >= 4 is 32.7 Å². The van der Waals surface area contributed by atoms with E-state index in [4.69, 9.17) is 4.74 Å². The van der Waals surface area contributed by atoms with E-state index in [9.17, 15) is 18.0 Å². The van der Waals surface area contributed by atoms with Crippen molar-refractivity contribution in [3.8, 4) is 5.75 Å². The molecule has 10 heteroatoms. The van der Waals surface area contributed by atoms with Crippen LogP contribution < -0.4 is 15.7 Å². The van der Waals surface area contributed by atoms with E-state index in [2.05, 4.69) is 5.32 Å². The van der Waals surface area contributed by atoms with Crippen LogP contribution in [-0.2, 0) is 27.9 Å². The molecule has 1 aliphatic rings. The van der Waals surface area contributed by atoms with Gasteiger partial charge >= 0.3 is 5.69 Å². The summed E-state index contributed by atoms with van der Waals surface area (Å²) >= 11 is 0. The maximum atomic E-state index is 13.2. The summed E-state index contributed by atoms with van der Waals surface area (Å²) in [5.74, 6) is -0.205. The zero-order valence-electron chi connectivity index (χ0n) is 18.8. The Hall–Kier alpha value is -3.11. The van der Waals surface area contributed by atoms with E-state index in [0.717, 1.165) is 24.8 Å². The highest BCUT2D eigenvalue weighted by Gasteiger charge is 2.29. The summed E-state index contributed by atoms with van der Waals surface area (Å²) in [5.41, 5.74) is 1.49. The van der Waals surface area contributed by atoms with E-state index in [1.165, 1.54) is 28.1 Å². The largest absolute Gasteiger partial charge is 0.495 e. The van der Waals surface area contributed by atoms with Gasteiger partial charge in [-0.05, 0) is 50.1 Å². The molecule has 1 saturated heterocycles. The van der Waals surface area contributed by atoms with Gasteiger partial charge in [-0.15, -0.1) is 0 Å². The molecule has 0 bridgehead atoms. The molecule has 0 unspecified atom stereocenters. The third-order valence-electron chi connectivity index (χ3n) is 5.92. The first kappa shape index (κ1) is 23.1. The second-order valence-electron chi connectivity index (χ2n) is 7.98. The number of imidazole rings is 1. The van der Waals surface area contributed by atoms with E-state index in [-0.39, 0.29) is 22.9 Å². The Kier molecular flexibility index (Phi) is 6.57. The number of nitrogens with one attached hydrogen (secondary N) is 1. The van der Waals surface area contributed by atoms with Crippen molar-refractivity contribution in [2.45, 2.75) is 44.2 Å². The molecule has 1 aliphatic heterocycles. The van der Waals surface area contributed by atoms with Gasteiger partial charge in [-0.1, -0.05) is 18.6 Å². The Morgan fingerprint density at radius 2 is 1.70 bits per heavy atom. The summed E-state index contributed by atoms with van der Waals surface area (Å²) < 4.78 is 36.2. The molecule has 1 amide bonds. The van der Waals surface area contributed by atoms with Gasteiger partial charge < -0.3 is 10.1 Å². The van der Waals surface area contributed by atoms with Crippen molar-refractivity contribution in [1.29, 1.82) is 0 Å². The molecule has 1 N–H and O–H groups in total. The Morgan fingerprint density at radius 3 is 2.33 bits per heavy atom. The number of rotatable bonds is 7.